The minimum absolute atomic E-state index is 0.0145. The summed E-state index contributed by atoms with van der Waals surface area (Å²) in [6.45, 7) is 8.47. The molecule has 2 aromatic rings. The molecule has 92 valence electrons. The van der Waals surface area contributed by atoms with E-state index in [0.717, 1.165) is 10.9 Å². The summed E-state index contributed by atoms with van der Waals surface area (Å²) in [5, 5.41) is 0.945. The Balaban J connectivity index is 2.45. The van der Waals surface area contributed by atoms with Crippen LogP contribution in [-0.2, 0) is 10.2 Å². The SMILES string of the molecule is CCOC(=O)c1cc2c(C(C)(C)C)coc2[nH]1. The Bertz CT molecular complexity index is 542. The molecule has 1 N–H and O–H groups in total. The summed E-state index contributed by atoms with van der Waals surface area (Å²) in [6.07, 6.45) is 1.73. The number of hydrogen-bond acceptors (Lipinski definition) is 3. The van der Waals surface area contributed by atoms with Gasteiger partial charge < -0.3 is 14.1 Å². The van der Waals surface area contributed by atoms with Crippen LogP contribution in [0.1, 0.15) is 43.7 Å². The molecule has 4 nitrogen and oxygen atoms in total. The molecule has 0 amide bonds. The van der Waals surface area contributed by atoms with Crippen LogP contribution in [-0.4, -0.2) is 17.6 Å². The quantitative estimate of drug-likeness (QED) is 0.813. The van der Waals surface area contributed by atoms with Gasteiger partial charge in [0, 0.05) is 10.9 Å². The summed E-state index contributed by atoms with van der Waals surface area (Å²) in [5.41, 5.74) is 2.13. The molecule has 0 unspecified atom stereocenters. The lowest BCUT2D eigenvalue weighted by Gasteiger charge is -2.15. The Kier molecular flexibility index (Phi) is 2.73. The van der Waals surface area contributed by atoms with Crippen LogP contribution in [0.15, 0.2) is 16.7 Å². The number of furan rings is 1. The van der Waals surface area contributed by atoms with Gasteiger partial charge in [0.05, 0.1) is 12.9 Å². The number of hydrogen-bond donors (Lipinski definition) is 1. The molecule has 0 radical (unpaired) electrons. The zero-order chi connectivity index (χ0) is 12.6. The van der Waals surface area contributed by atoms with Crippen molar-refractivity contribution < 1.29 is 13.9 Å². The molecular weight excluding hydrogens is 218 g/mol. The van der Waals surface area contributed by atoms with Crippen LogP contribution in [0.3, 0.4) is 0 Å². The number of rotatable bonds is 2. The Morgan fingerprint density at radius 3 is 2.76 bits per heavy atom. The van der Waals surface area contributed by atoms with Gasteiger partial charge >= 0.3 is 5.97 Å². The van der Waals surface area contributed by atoms with Crippen molar-refractivity contribution in [3.63, 3.8) is 0 Å². The molecule has 0 fully saturated rings. The molecule has 2 heterocycles. The predicted octanol–water partition coefficient (Wildman–Crippen LogP) is 3.24. The molecule has 0 spiro atoms. The smallest absolute Gasteiger partial charge is 0.354 e. The Morgan fingerprint density at radius 1 is 1.47 bits per heavy atom. The molecule has 0 aliphatic heterocycles. The minimum Gasteiger partial charge on any atom is -0.461 e. The zero-order valence-electron chi connectivity index (χ0n) is 10.6. The highest BCUT2D eigenvalue weighted by Crippen LogP contribution is 2.32. The lowest BCUT2D eigenvalue weighted by Crippen LogP contribution is -2.09. The molecule has 0 atom stereocenters. The third kappa shape index (κ3) is 2.07. The van der Waals surface area contributed by atoms with Crippen molar-refractivity contribution in [3.8, 4) is 0 Å². The minimum atomic E-state index is -0.348. The van der Waals surface area contributed by atoms with Gasteiger partial charge in [-0.05, 0) is 18.4 Å². The molecule has 2 aromatic heterocycles. The highest BCUT2D eigenvalue weighted by atomic mass is 16.5. The Hall–Kier alpha value is -1.71. The van der Waals surface area contributed by atoms with Gasteiger partial charge in [-0.3, -0.25) is 0 Å². The third-order valence-corrected chi connectivity index (χ3v) is 2.67. The van der Waals surface area contributed by atoms with E-state index in [1.807, 2.05) is 0 Å². The average Bonchev–Trinajstić information content (AvgIpc) is 2.73. The topological polar surface area (TPSA) is 55.2 Å². The van der Waals surface area contributed by atoms with Crippen LogP contribution >= 0.6 is 0 Å². The van der Waals surface area contributed by atoms with Crippen LogP contribution in [0.4, 0.5) is 0 Å². The number of esters is 1. The molecule has 4 heteroatoms. The summed E-state index contributed by atoms with van der Waals surface area (Å²) in [5.74, 6) is -0.348. The first kappa shape index (κ1) is 11.8. The van der Waals surface area contributed by atoms with Crippen molar-refractivity contribution in [1.29, 1.82) is 0 Å². The van der Waals surface area contributed by atoms with Gasteiger partial charge in [-0.25, -0.2) is 4.79 Å². The van der Waals surface area contributed by atoms with Crippen molar-refractivity contribution in [2.24, 2.45) is 0 Å². The van der Waals surface area contributed by atoms with Gasteiger partial charge in [0.2, 0.25) is 5.71 Å². The van der Waals surface area contributed by atoms with E-state index in [9.17, 15) is 4.79 Å². The summed E-state index contributed by atoms with van der Waals surface area (Å²) in [7, 11) is 0. The first-order valence-corrected chi connectivity index (χ1v) is 5.71. The number of carbonyl (C=O) groups is 1. The van der Waals surface area contributed by atoms with Gasteiger partial charge in [-0.15, -0.1) is 0 Å². The maximum absolute atomic E-state index is 11.6. The van der Waals surface area contributed by atoms with Crippen LogP contribution in [0.5, 0.6) is 0 Å². The number of aromatic nitrogens is 1. The first-order chi connectivity index (χ1) is 7.93. The van der Waals surface area contributed by atoms with E-state index in [1.54, 1.807) is 19.3 Å². The first-order valence-electron chi connectivity index (χ1n) is 5.71. The van der Waals surface area contributed by atoms with Crippen molar-refractivity contribution >= 4 is 17.1 Å². The largest absolute Gasteiger partial charge is 0.461 e. The van der Waals surface area contributed by atoms with Gasteiger partial charge in [0.1, 0.15) is 5.69 Å². The van der Waals surface area contributed by atoms with Crippen molar-refractivity contribution in [3.05, 3.63) is 23.6 Å². The molecule has 0 aliphatic carbocycles. The second kappa shape index (κ2) is 3.95. The van der Waals surface area contributed by atoms with Gasteiger partial charge in [0.15, 0.2) is 0 Å². The van der Waals surface area contributed by atoms with Crippen LogP contribution < -0.4 is 0 Å². The fraction of sp³-hybridized carbons (Fsp3) is 0.462. The fourth-order valence-corrected chi connectivity index (χ4v) is 1.81. The summed E-state index contributed by atoms with van der Waals surface area (Å²) in [6, 6.07) is 1.79. The Labute approximate surface area is 99.9 Å². The van der Waals surface area contributed by atoms with Gasteiger partial charge in [-0.2, -0.15) is 0 Å². The molecule has 2 rings (SSSR count). The summed E-state index contributed by atoms with van der Waals surface area (Å²) in [4.78, 5) is 14.5. The van der Waals surface area contributed by atoms with Crippen molar-refractivity contribution in [2.75, 3.05) is 6.61 Å². The number of nitrogens with one attached hydrogen (secondary N) is 1. The van der Waals surface area contributed by atoms with E-state index in [-0.39, 0.29) is 11.4 Å². The molecule has 17 heavy (non-hydrogen) atoms. The standard InChI is InChI=1S/C13H17NO3/c1-5-16-12(15)10-6-8-9(13(2,3)4)7-17-11(8)14-10/h6-7,14H,5H2,1-4H3. The van der Waals surface area contributed by atoms with E-state index in [1.165, 1.54) is 0 Å². The van der Waals surface area contributed by atoms with E-state index in [2.05, 4.69) is 25.8 Å². The average molecular weight is 235 g/mol. The maximum Gasteiger partial charge on any atom is 0.354 e. The molecule has 0 saturated heterocycles. The lowest BCUT2D eigenvalue weighted by molar-refractivity contribution is 0.0520. The van der Waals surface area contributed by atoms with Crippen molar-refractivity contribution in [1.82, 2.24) is 4.98 Å². The van der Waals surface area contributed by atoms with E-state index < -0.39 is 0 Å². The molecule has 0 bridgehead atoms. The summed E-state index contributed by atoms with van der Waals surface area (Å²) >= 11 is 0. The van der Waals surface area contributed by atoms with Crippen LogP contribution in [0.2, 0.25) is 0 Å². The van der Waals surface area contributed by atoms with E-state index in [4.69, 9.17) is 9.15 Å². The lowest BCUT2D eigenvalue weighted by atomic mass is 9.87. The molecular formula is C13H17NO3. The maximum atomic E-state index is 11.6. The van der Waals surface area contributed by atoms with Crippen LogP contribution in [0, 0.1) is 0 Å². The highest BCUT2D eigenvalue weighted by molar-refractivity contribution is 5.94. The second-order valence-electron chi connectivity index (χ2n) is 5.05. The Morgan fingerprint density at radius 2 is 2.18 bits per heavy atom. The fourth-order valence-electron chi connectivity index (χ4n) is 1.81. The number of aromatic amines is 1. The number of ether oxygens (including phenoxy) is 1. The number of H-pyrrole nitrogens is 1. The van der Waals surface area contributed by atoms with Gasteiger partial charge in [-0.1, -0.05) is 20.8 Å². The summed E-state index contributed by atoms with van der Waals surface area (Å²) < 4.78 is 10.4. The molecule has 0 aromatic carbocycles. The third-order valence-electron chi connectivity index (χ3n) is 2.67. The van der Waals surface area contributed by atoms with Gasteiger partial charge in [0.25, 0.3) is 0 Å². The highest BCUT2D eigenvalue weighted by Gasteiger charge is 2.22. The number of fused-ring (bicyclic) bond motifs is 1. The van der Waals surface area contributed by atoms with E-state index >= 15 is 0 Å². The number of carbonyl (C=O) groups excluding carboxylic acids is 1. The molecule has 0 aliphatic rings. The second-order valence-corrected chi connectivity index (χ2v) is 5.05. The zero-order valence-corrected chi connectivity index (χ0v) is 10.6. The van der Waals surface area contributed by atoms with Crippen molar-refractivity contribution in [2.45, 2.75) is 33.1 Å². The normalized spacial score (nSPS) is 12.0. The monoisotopic (exact) mass is 235 g/mol. The molecule has 0 saturated carbocycles. The predicted molar refractivity (Wildman–Crippen MR) is 65.2 cm³/mol. The van der Waals surface area contributed by atoms with Crippen LogP contribution in [0.25, 0.3) is 11.1 Å². The van der Waals surface area contributed by atoms with E-state index in [0.29, 0.717) is 18.0 Å².